The largest absolute Gasteiger partial charge is 1.00 e. The average Bonchev–Trinajstić information content (AvgIpc) is 2.62. The van der Waals surface area contributed by atoms with Gasteiger partial charge < -0.3 is 14.8 Å². The molecule has 0 aromatic heterocycles. The molecule has 0 aliphatic carbocycles. The monoisotopic (exact) mass is 391 g/mol. The fourth-order valence-electron chi connectivity index (χ4n) is 3.79. The summed E-state index contributed by atoms with van der Waals surface area (Å²) < 4.78 is 0. The zero-order valence-corrected chi connectivity index (χ0v) is 21.1. The second kappa shape index (κ2) is 22.7. The molecule has 3 nitrogen and oxygen atoms in total. The van der Waals surface area contributed by atoms with E-state index in [-0.39, 0.29) is 36.0 Å². The van der Waals surface area contributed by atoms with Crippen LogP contribution in [0.4, 0.5) is 0 Å². The number of hydrogen-bond acceptors (Lipinski definition) is 3. The molecule has 0 radical (unpaired) electrons. The van der Waals surface area contributed by atoms with Crippen LogP contribution in [0.25, 0.3) is 0 Å². The van der Waals surface area contributed by atoms with Crippen LogP contribution >= 0.6 is 0 Å². The first kappa shape index (κ1) is 29.6. The smallest absolute Gasteiger partial charge is 0.550 e. The SMILES string of the molecule is CCCCCCCCN(CCCCCCCC)C(CCC)CCC(=O)[O-].[Na+]. The standard InChI is InChI=1S/C23H47NO2.Na/c1-4-7-9-11-13-15-20-24(21-16-14-12-10-8-5-2)22(17-6-3)18-19-23(25)26;/h22H,4-21H2,1-3H3,(H,25,26);/q;+1/p-1. The summed E-state index contributed by atoms with van der Waals surface area (Å²) in [6.45, 7) is 9.00. The van der Waals surface area contributed by atoms with Crippen molar-refractivity contribution >= 4 is 5.97 Å². The van der Waals surface area contributed by atoms with Crippen LogP contribution in [-0.4, -0.2) is 30.0 Å². The molecule has 0 amide bonds. The van der Waals surface area contributed by atoms with Crippen LogP contribution in [0.2, 0.25) is 0 Å². The molecule has 4 heteroatoms. The van der Waals surface area contributed by atoms with Gasteiger partial charge in [0.1, 0.15) is 0 Å². The minimum absolute atomic E-state index is 0. The quantitative estimate of drug-likeness (QED) is 0.237. The van der Waals surface area contributed by atoms with Gasteiger partial charge in [0, 0.05) is 12.0 Å². The number of hydrogen-bond donors (Lipinski definition) is 0. The van der Waals surface area contributed by atoms with E-state index in [0.717, 1.165) is 32.4 Å². The van der Waals surface area contributed by atoms with Crippen LogP contribution in [0.3, 0.4) is 0 Å². The molecule has 0 aromatic carbocycles. The van der Waals surface area contributed by atoms with E-state index in [1.165, 1.54) is 77.0 Å². The molecular weight excluding hydrogens is 345 g/mol. The van der Waals surface area contributed by atoms with Gasteiger partial charge in [-0.25, -0.2) is 0 Å². The van der Waals surface area contributed by atoms with Crippen LogP contribution in [0.1, 0.15) is 124 Å². The Morgan fingerprint density at radius 3 is 1.56 bits per heavy atom. The Morgan fingerprint density at radius 2 is 1.15 bits per heavy atom. The van der Waals surface area contributed by atoms with Crippen molar-refractivity contribution in [1.29, 1.82) is 0 Å². The Morgan fingerprint density at radius 1 is 0.704 bits per heavy atom. The van der Waals surface area contributed by atoms with Crippen molar-refractivity contribution in [3.05, 3.63) is 0 Å². The van der Waals surface area contributed by atoms with Gasteiger partial charge in [-0.05, 0) is 45.2 Å². The van der Waals surface area contributed by atoms with Gasteiger partial charge in [0.2, 0.25) is 0 Å². The van der Waals surface area contributed by atoms with Crippen LogP contribution in [0, 0.1) is 0 Å². The van der Waals surface area contributed by atoms with Crippen molar-refractivity contribution in [1.82, 2.24) is 4.90 Å². The topological polar surface area (TPSA) is 43.4 Å². The summed E-state index contributed by atoms with van der Waals surface area (Å²) in [5.41, 5.74) is 0. The number of aliphatic carboxylic acids is 1. The maximum Gasteiger partial charge on any atom is 1.00 e. The Hall–Kier alpha value is 0.430. The van der Waals surface area contributed by atoms with E-state index >= 15 is 0 Å². The van der Waals surface area contributed by atoms with E-state index in [0.29, 0.717) is 6.04 Å². The predicted octanol–water partition coefficient (Wildman–Crippen LogP) is 2.71. The van der Waals surface area contributed by atoms with Gasteiger partial charge in [-0.3, -0.25) is 0 Å². The van der Waals surface area contributed by atoms with Crippen molar-refractivity contribution in [3.8, 4) is 0 Å². The molecule has 0 saturated carbocycles. The van der Waals surface area contributed by atoms with Gasteiger partial charge in [-0.15, -0.1) is 0 Å². The van der Waals surface area contributed by atoms with Crippen LogP contribution in [-0.2, 0) is 4.79 Å². The second-order valence-corrected chi connectivity index (χ2v) is 7.92. The molecule has 0 fully saturated rings. The number of rotatable bonds is 20. The molecule has 0 aromatic rings. The maximum absolute atomic E-state index is 10.9. The number of nitrogens with zero attached hydrogens (tertiary/aromatic N) is 1. The number of unbranched alkanes of at least 4 members (excludes halogenated alkanes) is 10. The van der Waals surface area contributed by atoms with E-state index in [9.17, 15) is 9.90 Å². The first-order chi connectivity index (χ1) is 12.7. The predicted molar refractivity (Wildman–Crippen MR) is 111 cm³/mol. The van der Waals surface area contributed by atoms with Gasteiger partial charge in [0.05, 0.1) is 0 Å². The van der Waals surface area contributed by atoms with E-state index in [1.807, 2.05) is 0 Å². The first-order valence-electron chi connectivity index (χ1n) is 11.6. The average molecular weight is 392 g/mol. The molecule has 0 N–H and O–H groups in total. The maximum atomic E-state index is 10.9. The van der Waals surface area contributed by atoms with E-state index in [2.05, 4.69) is 25.7 Å². The minimum atomic E-state index is -0.898. The molecule has 0 saturated heterocycles. The van der Waals surface area contributed by atoms with E-state index < -0.39 is 5.97 Å². The van der Waals surface area contributed by atoms with Crippen LogP contribution in [0.15, 0.2) is 0 Å². The molecule has 156 valence electrons. The Balaban J connectivity index is 0. The molecule has 0 aliphatic heterocycles. The van der Waals surface area contributed by atoms with Crippen molar-refractivity contribution in [3.63, 3.8) is 0 Å². The van der Waals surface area contributed by atoms with Crippen LogP contribution < -0.4 is 34.7 Å². The number of carbonyl (C=O) groups excluding carboxylic acids is 1. The molecule has 0 rings (SSSR count). The Bertz CT molecular complexity index is 297. The summed E-state index contributed by atoms with van der Waals surface area (Å²) in [6.07, 6.45) is 19.0. The summed E-state index contributed by atoms with van der Waals surface area (Å²) in [6, 6.07) is 0.421. The van der Waals surface area contributed by atoms with E-state index in [1.54, 1.807) is 0 Å². The number of carboxylic acid groups (broad SMARTS) is 1. The zero-order chi connectivity index (χ0) is 19.5. The zero-order valence-electron chi connectivity index (χ0n) is 19.1. The Kier molecular flexibility index (Phi) is 24.9. The third-order valence-corrected chi connectivity index (χ3v) is 5.42. The van der Waals surface area contributed by atoms with Gasteiger partial charge in [-0.2, -0.15) is 0 Å². The van der Waals surface area contributed by atoms with Crippen molar-refractivity contribution in [2.45, 2.75) is 130 Å². The van der Waals surface area contributed by atoms with Gasteiger partial charge in [0.25, 0.3) is 0 Å². The number of carboxylic acids is 1. The summed E-state index contributed by atoms with van der Waals surface area (Å²) in [5.74, 6) is -0.898. The third-order valence-electron chi connectivity index (χ3n) is 5.42. The third kappa shape index (κ3) is 19.5. The van der Waals surface area contributed by atoms with Crippen molar-refractivity contribution < 1.29 is 39.5 Å². The summed E-state index contributed by atoms with van der Waals surface area (Å²) >= 11 is 0. The molecule has 1 unspecified atom stereocenters. The van der Waals surface area contributed by atoms with Crippen LogP contribution in [0.5, 0.6) is 0 Å². The molecule has 0 heterocycles. The summed E-state index contributed by atoms with van der Waals surface area (Å²) in [5, 5.41) is 10.9. The molecular formula is C23H46NNaO2. The van der Waals surface area contributed by atoms with Gasteiger partial charge in [-0.1, -0.05) is 91.4 Å². The summed E-state index contributed by atoms with van der Waals surface area (Å²) in [7, 11) is 0. The van der Waals surface area contributed by atoms with E-state index in [4.69, 9.17) is 0 Å². The second-order valence-electron chi connectivity index (χ2n) is 7.92. The minimum Gasteiger partial charge on any atom is -0.550 e. The molecule has 1 atom stereocenters. The molecule has 0 bridgehead atoms. The molecule has 0 aliphatic rings. The van der Waals surface area contributed by atoms with Crippen molar-refractivity contribution in [2.24, 2.45) is 0 Å². The molecule has 0 spiro atoms. The van der Waals surface area contributed by atoms with Crippen molar-refractivity contribution in [2.75, 3.05) is 13.1 Å². The Labute approximate surface area is 192 Å². The van der Waals surface area contributed by atoms with Gasteiger partial charge >= 0.3 is 29.6 Å². The normalized spacial score (nSPS) is 12.1. The fraction of sp³-hybridized carbons (Fsp3) is 0.957. The van der Waals surface area contributed by atoms with Gasteiger partial charge in [0.15, 0.2) is 0 Å². The fourth-order valence-corrected chi connectivity index (χ4v) is 3.79. The summed E-state index contributed by atoms with van der Waals surface area (Å²) in [4.78, 5) is 13.5. The number of carbonyl (C=O) groups is 1. The molecule has 27 heavy (non-hydrogen) atoms. The first-order valence-corrected chi connectivity index (χ1v) is 11.6.